The summed E-state index contributed by atoms with van der Waals surface area (Å²) in [4.78, 5) is 23.4. The van der Waals surface area contributed by atoms with Crippen LogP contribution >= 0.6 is 0 Å². The number of benzene rings is 1. The minimum absolute atomic E-state index is 0.0542. The van der Waals surface area contributed by atoms with E-state index in [1.807, 2.05) is 4.90 Å². The van der Waals surface area contributed by atoms with Crippen LogP contribution in [0.5, 0.6) is 11.8 Å². The zero-order valence-electron chi connectivity index (χ0n) is 17.5. The Morgan fingerprint density at radius 2 is 1.61 bits per heavy atom. The predicted octanol–water partition coefficient (Wildman–Crippen LogP) is 2.05. The van der Waals surface area contributed by atoms with Crippen LogP contribution in [0.15, 0.2) is 4.79 Å². The lowest BCUT2D eigenvalue weighted by Crippen LogP contribution is -2.44. The Balaban J connectivity index is 1.88. The van der Waals surface area contributed by atoms with Crippen molar-refractivity contribution in [2.45, 2.75) is 13.5 Å². The van der Waals surface area contributed by atoms with Crippen molar-refractivity contribution >= 4 is 17.1 Å². The molecule has 4 rings (SSSR count). The molecule has 1 aliphatic rings. The Bertz CT molecular complexity index is 1340. The fraction of sp³-hybridized carbons (Fsp3) is 0.350. The molecule has 0 radical (unpaired) electrons. The number of nitrogens with one attached hydrogen (secondary N) is 1. The van der Waals surface area contributed by atoms with Gasteiger partial charge in [0.25, 0.3) is 5.56 Å². The third-order valence-electron chi connectivity index (χ3n) is 5.10. The minimum Gasteiger partial charge on any atom is -0.419 e. The summed E-state index contributed by atoms with van der Waals surface area (Å²) in [5.41, 5.74) is -0.771. The molecule has 0 atom stereocenters. The molecule has 8 nitrogen and oxygen atoms in total. The van der Waals surface area contributed by atoms with Crippen molar-refractivity contribution in [3.8, 4) is 23.6 Å². The maximum atomic E-state index is 14.1. The van der Waals surface area contributed by atoms with Gasteiger partial charge in [-0.2, -0.15) is 18.7 Å². The largest absolute Gasteiger partial charge is 0.419 e. The molecule has 2 aromatic heterocycles. The Morgan fingerprint density at radius 3 is 2.21 bits per heavy atom. The molecule has 0 bridgehead atoms. The van der Waals surface area contributed by atoms with Crippen molar-refractivity contribution in [3.63, 3.8) is 0 Å². The summed E-state index contributed by atoms with van der Waals surface area (Å²) in [6, 6.07) is -0.700. The van der Waals surface area contributed by atoms with Gasteiger partial charge in [-0.1, -0.05) is 5.92 Å². The van der Waals surface area contributed by atoms with Gasteiger partial charge in [0.05, 0.1) is 6.54 Å². The number of hydrogen-bond donors (Lipinski definition) is 1. The van der Waals surface area contributed by atoms with Crippen LogP contribution in [0.3, 0.4) is 0 Å². The molecule has 1 aromatic carbocycles. The summed E-state index contributed by atoms with van der Waals surface area (Å²) in [7, 11) is 1.18. The molecule has 0 saturated carbocycles. The first kappa shape index (κ1) is 22.5. The second-order valence-corrected chi connectivity index (χ2v) is 7.09. The number of anilines is 1. The van der Waals surface area contributed by atoms with Crippen molar-refractivity contribution in [1.82, 2.24) is 24.4 Å². The van der Waals surface area contributed by atoms with Crippen molar-refractivity contribution in [2.75, 3.05) is 31.1 Å². The van der Waals surface area contributed by atoms with E-state index in [1.54, 1.807) is 11.5 Å². The molecule has 13 heteroatoms. The molecule has 0 spiro atoms. The zero-order valence-corrected chi connectivity index (χ0v) is 17.5. The van der Waals surface area contributed by atoms with Gasteiger partial charge in [-0.05, 0) is 6.92 Å². The molecule has 3 heterocycles. The summed E-state index contributed by atoms with van der Waals surface area (Å²) < 4.78 is 75.8. The van der Waals surface area contributed by atoms with E-state index in [9.17, 15) is 26.7 Å². The van der Waals surface area contributed by atoms with Gasteiger partial charge in [-0.15, -0.1) is 5.92 Å². The highest BCUT2D eigenvalue weighted by molar-refractivity contribution is 5.75. The number of halogens is 5. The molecule has 1 fully saturated rings. The van der Waals surface area contributed by atoms with Crippen LogP contribution in [0.1, 0.15) is 6.92 Å². The lowest BCUT2D eigenvalue weighted by Gasteiger charge is -2.28. The smallest absolute Gasteiger partial charge is 0.306 e. The van der Waals surface area contributed by atoms with E-state index >= 15 is 0 Å². The average Bonchev–Trinajstić information content (AvgIpc) is 3.19. The van der Waals surface area contributed by atoms with E-state index in [0.717, 1.165) is 4.57 Å². The second-order valence-electron chi connectivity index (χ2n) is 7.09. The van der Waals surface area contributed by atoms with E-state index in [-0.39, 0.29) is 17.7 Å². The molecule has 33 heavy (non-hydrogen) atoms. The minimum atomic E-state index is -2.33. The third-order valence-corrected chi connectivity index (χ3v) is 5.10. The highest BCUT2D eigenvalue weighted by Gasteiger charge is 2.29. The SMILES string of the molecule is CC#CCn1c(N2CCNCC2)nc2nc(Oc3c(F)c(F)c(F)c(F)c3F)n(C)c(=O)c21. The van der Waals surface area contributed by atoms with Crippen LogP contribution < -0.4 is 20.5 Å². The normalized spacial score (nSPS) is 13.8. The first-order chi connectivity index (χ1) is 15.8. The molecule has 3 aromatic rings. The van der Waals surface area contributed by atoms with Crippen LogP contribution in [-0.2, 0) is 13.6 Å². The number of ether oxygens (including phenoxy) is 1. The first-order valence-corrected chi connectivity index (χ1v) is 9.78. The Kier molecular flexibility index (Phi) is 5.94. The third kappa shape index (κ3) is 3.76. The number of imidazole rings is 1. The average molecular weight is 468 g/mol. The van der Waals surface area contributed by atoms with E-state index in [0.29, 0.717) is 32.1 Å². The van der Waals surface area contributed by atoms with Crippen LogP contribution in [-0.4, -0.2) is 45.3 Å². The first-order valence-electron chi connectivity index (χ1n) is 9.78. The quantitative estimate of drug-likeness (QED) is 0.274. The van der Waals surface area contributed by atoms with Crippen molar-refractivity contribution < 1.29 is 26.7 Å². The van der Waals surface area contributed by atoms with Crippen LogP contribution in [0, 0.1) is 40.9 Å². The fourth-order valence-electron chi connectivity index (χ4n) is 3.40. The summed E-state index contributed by atoms with van der Waals surface area (Å²) in [5, 5.41) is 3.19. The van der Waals surface area contributed by atoms with Gasteiger partial charge >= 0.3 is 6.01 Å². The number of rotatable bonds is 4. The van der Waals surface area contributed by atoms with Gasteiger partial charge in [0.2, 0.25) is 40.8 Å². The van der Waals surface area contributed by atoms with Crippen molar-refractivity contribution in [3.05, 3.63) is 39.4 Å². The van der Waals surface area contributed by atoms with Gasteiger partial charge in [0.1, 0.15) is 0 Å². The van der Waals surface area contributed by atoms with Gasteiger partial charge < -0.3 is 15.0 Å². The fourth-order valence-corrected chi connectivity index (χ4v) is 3.40. The number of nitrogens with zero attached hydrogens (tertiary/aromatic N) is 5. The predicted molar refractivity (Wildman–Crippen MR) is 108 cm³/mol. The lowest BCUT2D eigenvalue weighted by molar-refractivity contribution is 0.316. The van der Waals surface area contributed by atoms with Gasteiger partial charge in [0.15, 0.2) is 11.2 Å². The number of hydrogen-bond acceptors (Lipinski definition) is 6. The Labute approximate surface area is 183 Å². The van der Waals surface area contributed by atoms with Gasteiger partial charge in [-0.25, -0.2) is 13.2 Å². The van der Waals surface area contributed by atoms with Crippen LogP contribution in [0.4, 0.5) is 27.9 Å². The number of aromatic nitrogens is 4. The molecule has 174 valence electrons. The molecule has 0 amide bonds. The number of piperazine rings is 1. The van der Waals surface area contributed by atoms with Crippen LogP contribution in [0.25, 0.3) is 11.2 Å². The summed E-state index contributed by atoms with van der Waals surface area (Å²) in [6.45, 7) is 4.32. The molecular formula is C20H17F5N6O2. The monoisotopic (exact) mass is 468 g/mol. The Hall–Kier alpha value is -3.66. The van der Waals surface area contributed by atoms with Crippen molar-refractivity contribution in [2.24, 2.45) is 7.05 Å². The van der Waals surface area contributed by atoms with Gasteiger partial charge in [-0.3, -0.25) is 13.9 Å². The molecular weight excluding hydrogens is 451 g/mol. The maximum Gasteiger partial charge on any atom is 0.306 e. The highest BCUT2D eigenvalue weighted by Crippen LogP contribution is 2.32. The van der Waals surface area contributed by atoms with E-state index < -0.39 is 46.4 Å². The molecule has 0 unspecified atom stereocenters. The molecule has 1 aliphatic heterocycles. The van der Waals surface area contributed by atoms with E-state index in [2.05, 4.69) is 27.1 Å². The molecule has 0 aliphatic carbocycles. The summed E-state index contributed by atoms with van der Waals surface area (Å²) in [5.74, 6) is -6.64. The van der Waals surface area contributed by atoms with E-state index in [4.69, 9.17) is 4.74 Å². The highest BCUT2D eigenvalue weighted by atomic mass is 19.2. The Morgan fingerprint density at radius 1 is 1.00 bits per heavy atom. The second kappa shape index (κ2) is 8.70. The zero-order chi connectivity index (χ0) is 23.9. The molecule has 1 N–H and O–H groups in total. The van der Waals surface area contributed by atoms with Crippen molar-refractivity contribution in [1.29, 1.82) is 0 Å². The lowest BCUT2D eigenvalue weighted by atomic mass is 10.2. The molecule has 1 saturated heterocycles. The topological polar surface area (TPSA) is 77.2 Å². The standard InChI is InChI=1S/C20H17F5N6O2/c1-3-4-7-31-15-17(27-19(31)30-8-5-26-6-9-30)28-20(29(2)18(15)32)33-16-13(24)11(22)10(21)12(23)14(16)25/h26H,5-9H2,1-2H3. The summed E-state index contributed by atoms with van der Waals surface area (Å²) >= 11 is 0. The summed E-state index contributed by atoms with van der Waals surface area (Å²) in [6.07, 6.45) is 0. The number of fused-ring (bicyclic) bond motifs is 1. The van der Waals surface area contributed by atoms with Gasteiger partial charge in [0, 0.05) is 33.2 Å². The van der Waals surface area contributed by atoms with Crippen LogP contribution in [0.2, 0.25) is 0 Å². The maximum absolute atomic E-state index is 14.1. The van der Waals surface area contributed by atoms with E-state index in [1.165, 1.54) is 7.05 Å².